The lowest BCUT2D eigenvalue weighted by molar-refractivity contribution is 1.29. The van der Waals surface area contributed by atoms with Crippen LogP contribution in [-0.4, -0.2) is 9.97 Å². The number of nitrogens with zero attached hydrogens (tertiary/aromatic N) is 1. The molecule has 0 radical (unpaired) electrons. The molecule has 0 saturated carbocycles. The van der Waals surface area contributed by atoms with Crippen LogP contribution in [0.25, 0.3) is 0 Å². The van der Waals surface area contributed by atoms with E-state index in [0.29, 0.717) is 10.7 Å². The summed E-state index contributed by atoms with van der Waals surface area (Å²) in [6, 6.07) is 11.6. The van der Waals surface area contributed by atoms with Crippen molar-refractivity contribution in [2.45, 2.75) is 0 Å². The first-order valence-corrected chi connectivity index (χ1v) is 6.14. The Kier molecular flexibility index (Phi) is 3.71. The smallest absolute Gasteiger partial charge is 0.122 e. The monoisotopic (exact) mass is 307 g/mol. The Bertz CT molecular complexity index is 540. The van der Waals surface area contributed by atoms with E-state index in [1.807, 2.05) is 30.3 Å². The van der Waals surface area contributed by atoms with Crippen molar-refractivity contribution < 1.29 is 0 Å². The molecule has 5 heteroatoms. The number of rotatable bonds is 3. The molecule has 0 spiro atoms. The van der Waals surface area contributed by atoms with Crippen LogP contribution < -0.4 is 11.1 Å². The van der Waals surface area contributed by atoms with Gasteiger partial charge in [0.2, 0.25) is 0 Å². The molecule has 0 aliphatic rings. The summed E-state index contributed by atoms with van der Waals surface area (Å²) in [7, 11) is 0. The summed E-state index contributed by atoms with van der Waals surface area (Å²) >= 11 is 8.26. The molecule has 3 nitrogen and oxygen atoms in total. The molecule has 0 saturated heterocycles. The van der Waals surface area contributed by atoms with Crippen LogP contribution in [0.4, 0.5) is 11.4 Å². The molecule has 0 fully saturated rings. The minimum Gasteiger partial charge on any atom is -0.388 e. The fourth-order valence-corrected chi connectivity index (χ4v) is 1.87. The van der Waals surface area contributed by atoms with Gasteiger partial charge in [-0.1, -0.05) is 34.2 Å². The molecule has 2 aromatic rings. The summed E-state index contributed by atoms with van der Waals surface area (Å²) in [6.07, 6.45) is 1.70. The van der Waals surface area contributed by atoms with Crippen LogP contribution in [0.1, 0.15) is 5.69 Å². The van der Waals surface area contributed by atoms with Crippen LogP contribution in [0.5, 0.6) is 0 Å². The first-order chi connectivity index (χ1) is 8.15. The van der Waals surface area contributed by atoms with Crippen molar-refractivity contribution in [3.8, 4) is 0 Å². The van der Waals surface area contributed by atoms with Crippen LogP contribution in [-0.2, 0) is 0 Å². The molecule has 3 N–H and O–H groups in total. The van der Waals surface area contributed by atoms with E-state index in [1.165, 1.54) is 0 Å². The van der Waals surface area contributed by atoms with E-state index in [-0.39, 0.29) is 0 Å². The van der Waals surface area contributed by atoms with Crippen LogP contribution >= 0.6 is 28.1 Å². The third-order valence-corrected chi connectivity index (χ3v) is 2.83. The second kappa shape index (κ2) is 5.25. The first kappa shape index (κ1) is 12.0. The fraction of sp³-hybridized carbons (Fsp3) is 0. The van der Waals surface area contributed by atoms with Crippen molar-refractivity contribution in [3.63, 3.8) is 0 Å². The molecular formula is C12H10BrN3S. The number of benzene rings is 1. The summed E-state index contributed by atoms with van der Waals surface area (Å²) in [6.45, 7) is 0. The molecule has 2 rings (SSSR count). The van der Waals surface area contributed by atoms with Crippen molar-refractivity contribution in [2.24, 2.45) is 5.73 Å². The number of anilines is 2. The van der Waals surface area contributed by atoms with Gasteiger partial charge in [-0.3, -0.25) is 4.98 Å². The maximum absolute atomic E-state index is 5.48. The lowest BCUT2D eigenvalue weighted by Gasteiger charge is -2.06. The van der Waals surface area contributed by atoms with Crippen molar-refractivity contribution in [1.29, 1.82) is 0 Å². The topological polar surface area (TPSA) is 50.9 Å². The normalized spacial score (nSPS) is 9.94. The van der Waals surface area contributed by atoms with Crippen LogP contribution in [0.15, 0.2) is 47.1 Å². The van der Waals surface area contributed by atoms with Gasteiger partial charge in [0.15, 0.2) is 0 Å². The summed E-state index contributed by atoms with van der Waals surface area (Å²) in [4.78, 5) is 4.46. The highest BCUT2D eigenvalue weighted by Gasteiger charge is 1.99. The minimum atomic E-state index is 0.305. The molecule has 0 aliphatic heterocycles. The third kappa shape index (κ3) is 3.25. The van der Waals surface area contributed by atoms with Gasteiger partial charge >= 0.3 is 0 Å². The molecule has 0 unspecified atom stereocenters. The highest BCUT2D eigenvalue weighted by Crippen LogP contribution is 2.19. The van der Waals surface area contributed by atoms with Gasteiger partial charge < -0.3 is 11.1 Å². The Morgan fingerprint density at radius 3 is 2.65 bits per heavy atom. The molecular weight excluding hydrogens is 298 g/mol. The van der Waals surface area contributed by atoms with Crippen molar-refractivity contribution >= 4 is 44.5 Å². The van der Waals surface area contributed by atoms with E-state index in [1.54, 1.807) is 12.3 Å². The molecule has 1 aromatic carbocycles. The van der Waals surface area contributed by atoms with Crippen LogP contribution in [0.3, 0.4) is 0 Å². The van der Waals surface area contributed by atoms with Gasteiger partial charge in [-0.2, -0.15) is 0 Å². The zero-order chi connectivity index (χ0) is 12.3. The maximum atomic E-state index is 5.48. The van der Waals surface area contributed by atoms with Gasteiger partial charge in [0.25, 0.3) is 0 Å². The van der Waals surface area contributed by atoms with Crippen molar-refractivity contribution in [1.82, 2.24) is 4.98 Å². The van der Waals surface area contributed by atoms with E-state index in [2.05, 4.69) is 26.2 Å². The van der Waals surface area contributed by atoms with Gasteiger partial charge in [-0.15, -0.1) is 0 Å². The maximum Gasteiger partial charge on any atom is 0.122 e. The number of hydrogen-bond acceptors (Lipinski definition) is 3. The molecule has 0 bridgehead atoms. The fourth-order valence-electron chi connectivity index (χ4n) is 1.35. The number of hydrogen-bond donors (Lipinski definition) is 2. The largest absolute Gasteiger partial charge is 0.388 e. The Morgan fingerprint density at radius 2 is 2.06 bits per heavy atom. The van der Waals surface area contributed by atoms with Gasteiger partial charge in [-0.25, -0.2) is 0 Å². The van der Waals surface area contributed by atoms with Crippen LogP contribution in [0.2, 0.25) is 0 Å². The Labute approximate surface area is 113 Å². The molecule has 0 amide bonds. The predicted molar refractivity (Wildman–Crippen MR) is 77.5 cm³/mol. The van der Waals surface area contributed by atoms with E-state index in [0.717, 1.165) is 15.8 Å². The van der Waals surface area contributed by atoms with Crippen LogP contribution in [0, 0.1) is 0 Å². The molecule has 0 atom stereocenters. The summed E-state index contributed by atoms with van der Waals surface area (Å²) < 4.78 is 1.02. The first-order valence-electron chi connectivity index (χ1n) is 4.93. The van der Waals surface area contributed by atoms with Gasteiger partial charge in [-0.05, 0) is 30.3 Å². The molecule has 0 aliphatic carbocycles. The Hall–Kier alpha value is -1.46. The average Bonchev–Trinajstić information content (AvgIpc) is 2.29. The van der Waals surface area contributed by atoms with Gasteiger partial charge in [0.1, 0.15) is 4.99 Å². The zero-order valence-electron chi connectivity index (χ0n) is 8.85. The second-order valence-corrected chi connectivity index (χ2v) is 4.79. The molecule has 17 heavy (non-hydrogen) atoms. The quantitative estimate of drug-likeness (QED) is 0.855. The number of nitrogens with two attached hydrogens (primary N) is 1. The van der Waals surface area contributed by atoms with Crippen molar-refractivity contribution in [3.05, 3.63) is 52.8 Å². The summed E-state index contributed by atoms with van der Waals surface area (Å²) in [5, 5.41) is 3.23. The second-order valence-electron chi connectivity index (χ2n) is 3.43. The number of nitrogens with one attached hydrogen (secondary N) is 1. The Balaban J connectivity index is 2.16. The lowest BCUT2D eigenvalue weighted by Crippen LogP contribution is -2.11. The number of aromatic nitrogens is 1. The zero-order valence-corrected chi connectivity index (χ0v) is 11.3. The summed E-state index contributed by atoms with van der Waals surface area (Å²) in [5.41, 5.74) is 7.99. The minimum absolute atomic E-state index is 0.305. The lowest BCUT2D eigenvalue weighted by atomic mass is 10.3. The molecule has 1 aromatic heterocycles. The van der Waals surface area contributed by atoms with E-state index in [9.17, 15) is 0 Å². The van der Waals surface area contributed by atoms with E-state index in [4.69, 9.17) is 18.0 Å². The molecule has 86 valence electrons. The number of pyridine rings is 1. The van der Waals surface area contributed by atoms with Gasteiger partial charge in [0.05, 0.1) is 17.6 Å². The SMILES string of the molecule is NC(=S)c1ccc(Nc2cccc(Br)c2)cn1. The third-order valence-electron chi connectivity index (χ3n) is 2.13. The summed E-state index contributed by atoms with van der Waals surface area (Å²) in [5.74, 6) is 0. The predicted octanol–water partition coefficient (Wildman–Crippen LogP) is 3.22. The highest BCUT2D eigenvalue weighted by atomic mass is 79.9. The van der Waals surface area contributed by atoms with Crippen molar-refractivity contribution in [2.75, 3.05) is 5.32 Å². The van der Waals surface area contributed by atoms with Gasteiger partial charge in [0, 0.05) is 10.2 Å². The van der Waals surface area contributed by atoms with E-state index < -0.39 is 0 Å². The standard InChI is InChI=1S/C12H10BrN3S/c13-8-2-1-3-9(6-8)16-10-4-5-11(12(14)17)15-7-10/h1-7,16H,(H2,14,17). The number of halogens is 1. The average molecular weight is 308 g/mol. The number of thiocarbonyl (C=S) groups is 1. The van der Waals surface area contributed by atoms with E-state index >= 15 is 0 Å². The molecule has 1 heterocycles. The Morgan fingerprint density at radius 1 is 1.24 bits per heavy atom. The highest BCUT2D eigenvalue weighted by molar-refractivity contribution is 9.10.